The predicted molar refractivity (Wildman–Crippen MR) is 97.0 cm³/mol. The number of benzene rings is 1. The molecule has 0 N–H and O–H groups in total. The molecule has 0 atom stereocenters. The smallest absolute Gasteiger partial charge is 0.274 e. The van der Waals surface area contributed by atoms with Crippen LogP contribution in [0.4, 0.5) is 5.95 Å². The molecular weight excluding hydrogens is 318 g/mol. The summed E-state index contributed by atoms with van der Waals surface area (Å²) in [4.78, 5) is 18.1. The van der Waals surface area contributed by atoms with Crippen molar-refractivity contribution in [2.45, 2.75) is 26.5 Å². The Labute approximate surface area is 148 Å². The summed E-state index contributed by atoms with van der Waals surface area (Å²) in [5.41, 5.74) is 1.98. The minimum atomic E-state index is -0.209. The van der Waals surface area contributed by atoms with Crippen LogP contribution in [0.5, 0.6) is 0 Å². The number of hydrogen-bond acceptors (Lipinski definition) is 5. The number of nitrogens with zero attached hydrogens (tertiary/aromatic N) is 3. The largest absolute Gasteiger partial charge is 0.378 e. The molecule has 3 rings (SSSR count). The van der Waals surface area contributed by atoms with Gasteiger partial charge in [0.1, 0.15) is 6.73 Å². The topological polar surface area (TPSA) is 56.6 Å². The van der Waals surface area contributed by atoms with Crippen molar-refractivity contribution in [2.75, 3.05) is 37.8 Å². The maximum absolute atomic E-state index is 11.8. The Morgan fingerprint density at radius 3 is 2.72 bits per heavy atom. The van der Waals surface area contributed by atoms with Gasteiger partial charge >= 0.3 is 0 Å². The molecule has 2 heterocycles. The summed E-state index contributed by atoms with van der Waals surface area (Å²) >= 11 is 0. The summed E-state index contributed by atoms with van der Waals surface area (Å²) in [6.45, 7) is 5.78. The SMILES string of the molecule is Cc1cc(=O)nc(N2CCOCC2)n1COCCCc1ccccc1. The summed E-state index contributed by atoms with van der Waals surface area (Å²) in [5, 5.41) is 0. The Hall–Kier alpha value is -2.18. The average Bonchev–Trinajstić information content (AvgIpc) is 2.64. The van der Waals surface area contributed by atoms with Crippen LogP contribution in [0.2, 0.25) is 0 Å². The van der Waals surface area contributed by atoms with Crippen LogP contribution in [0.3, 0.4) is 0 Å². The summed E-state index contributed by atoms with van der Waals surface area (Å²) in [5.74, 6) is 0.677. The summed E-state index contributed by atoms with van der Waals surface area (Å²) < 4.78 is 13.2. The van der Waals surface area contributed by atoms with Crippen LogP contribution < -0.4 is 10.5 Å². The molecule has 0 unspecified atom stereocenters. The maximum Gasteiger partial charge on any atom is 0.274 e. The Balaban J connectivity index is 1.58. The van der Waals surface area contributed by atoms with E-state index in [0.717, 1.165) is 31.6 Å². The highest BCUT2D eigenvalue weighted by Crippen LogP contribution is 2.14. The highest BCUT2D eigenvalue weighted by atomic mass is 16.5. The number of rotatable bonds is 7. The van der Waals surface area contributed by atoms with Gasteiger partial charge in [0.25, 0.3) is 5.56 Å². The number of aryl methyl sites for hydroxylation is 2. The lowest BCUT2D eigenvalue weighted by molar-refractivity contribution is 0.0722. The number of morpholine rings is 1. The maximum atomic E-state index is 11.8. The molecular formula is C19H25N3O3. The molecule has 1 aliphatic heterocycles. The zero-order valence-corrected chi connectivity index (χ0v) is 14.7. The lowest BCUT2D eigenvalue weighted by Gasteiger charge is -2.30. The van der Waals surface area contributed by atoms with Crippen LogP contribution in [0.15, 0.2) is 41.2 Å². The number of hydrogen-bond donors (Lipinski definition) is 0. The van der Waals surface area contributed by atoms with Crippen LogP contribution in [-0.2, 0) is 22.6 Å². The quantitative estimate of drug-likeness (QED) is 0.720. The third kappa shape index (κ3) is 4.90. The molecule has 0 bridgehead atoms. The van der Waals surface area contributed by atoms with Gasteiger partial charge in [-0.2, -0.15) is 4.98 Å². The van der Waals surface area contributed by atoms with Gasteiger partial charge in [-0.05, 0) is 25.3 Å². The molecule has 1 saturated heterocycles. The van der Waals surface area contributed by atoms with E-state index in [1.165, 1.54) is 5.56 Å². The highest BCUT2D eigenvalue weighted by Gasteiger charge is 2.17. The van der Waals surface area contributed by atoms with Crippen LogP contribution in [-0.4, -0.2) is 42.5 Å². The fourth-order valence-corrected chi connectivity index (χ4v) is 2.95. The van der Waals surface area contributed by atoms with Crippen molar-refractivity contribution in [1.29, 1.82) is 0 Å². The van der Waals surface area contributed by atoms with Gasteiger partial charge in [-0.15, -0.1) is 0 Å². The summed E-state index contributed by atoms with van der Waals surface area (Å²) in [7, 11) is 0. The van der Waals surface area contributed by atoms with Crippen LogP contribution in [0.1, 0.15) is 17.7 Å². The van der Waals surface area contributed by atoms with Crippen molar-refractivity contribution in [1.82, 2.24) is 9.55 Å². The van der Waals surface area contributed by atoms with Gasteiger partial charge in [-0.25, -0.2) is 0 Å². The number of anilines is 1. The van der Waals surface area contributed by atoms with Crippen molar-refractivity contribution in [3.05, 3.63) is 58.0 Å². The molecule has 0 saturated carbocycles. The van der Waals surface area contributed by atoms with Gasteiger partial charge < -0.3 is 14.4 Å². The molecule has 0 amide bonds. The highest BCUT2D eigenvalue weighted by molar-refractivity contribution is 5.33. The van der Waals surface area contributed by atoms with Crippen molar-refractivity contribution in [3.63, 3.8) is 0 Å². The lowest BCUT2D eigenvalue weighted by atomic mass is 10.1. The molecule has 2 aromatic rings. The molecule has 0 radical (unpaired) electrons. The van der Waals surface area contributed by atoms with Gasteiger partial charge in [-0.1, -0.05) is 30.3 Å². The average molecular weight is 343 g/mol. The second kappa shape index (κ2) is 8.78. The first-order valence-electron chi connectivity index (χ1n) is 8.77. The predicted octanol–water partition coefficient (Wildman–Crippen LogP) is 2.00. The Morgan fingerprint density at radius 2 is 1.96 bits per heavy atom. The van der Waals surface area contributed by atoms with Crippen LogP contribution in [0.25, 0.3) is 0 Å². The Bertz CT molecular complexity index is 724. The Morgan fingerprint density at radius 1 is 1.20 bits per heavy atom. The number of aromatic nitrogens is 2. The molecule has 1 fully saturated rings. The van der Waals surface area contributed by atoms with E-state index < -0.39 is 0 Å². The first-order chi connectivity index (χ1) is 12.2. The van der Waals surface area contributed by atoms with Crippen molar-refractivity contribution >= 4 is 5.95 Å². The standard InChI is InChI=1S/C19H25N3O3/c1-16-14-18(23)20-19(21-9-12-24-13-10-21)22(16)15-25-11-5-8-17-6-3-2-4-7-17/h2-4,6-7,14H,5,8-13,15H2,1H3. The van der Waals surface area contributed by atoms with E-state index in [4.69, 9.17) is 9.47 Å². The monoisotopic (exact) mass is 343 g/mol. The normalized spacial score (nSPS) is 14.7. The minimum absolute atomic E-state index is 0.209. The van der Waals surface area contributed by atoms with Gasteiger partial charge in [0.2, 0.25) is 5.95 Å². The first kappa shape index (κ1) is 17.6. The molecule has 0 aliphatic carbocycles. The van der Waals surface area contributed by atoms with E-state index in [1.807, 2.05) is 17.6 Å². The van der Waals surface area contributed by atoms with Gasteiger partial charge in [0.05, 0.1) is 13.2 Å². The van der Waals surface area contributed by atoms with E-state index in [1.54, 1.807) is 6.07 Å². The summed E-state index contributed by atoms with van der Waals surface area (Å²) in [6, 6.07) is 12.0. The Kier molecular flexibility index (Phi) is 6.19. The molecule has 1 aromatic carbocycles. The first-order valence-corrected chi connectivity index (χ1v) is 8.77. The molecule has 1 aliphatic rings. The lowest BCUT2D eigenvalue weighted by Crippen LogP contribution is -2.40. The third-order valence-electron chi connectivity index (χ3n) is 4.32. The van der Waals surface area contributed by atoms with Crippen LogP contribution in [0, 0.1) is 6.92 Å². The molecule has 6 heteroatoms. The zero-order valence-electron chi connectivity index (χ0n) is 14.7. The third-order valence-corrected chi connectivity index (χ3v) is 4.32. The van der Waals surface area contributed by atoms with Gasteiger partial charge in [0.15, 0.2) is 0 Å². The second-order valence-electron chi connectivity index (χ2n) is 6.19. The van der Waals surface area contributed by atoms with Gasteiger partial charge in [-0.3, -0.25) is 9.36 Å². The second-order valence-corrected chi connectivity index (χ2v) is 6.19. The number of ether oxygens (including phenoxy) is 2. The molecule has 1 aromatic heterocycles. The minimum Gasteiger partial charge on any atom is -0.378 e. The van der Waals surface area contributed by atoms with E-state index in [0.29, 0.717) is 32.5 Å². The zero-order chi connectivity index (χ0) is 17.5. The fourth-order valence-electron chi connectivity index (χ4n) is 2.95. The van der Waals surface area contributed by atoms with Crippen molar-refractivity contribution < 1.29 is 9.47 Å². The van der Waals surface area contributed by atoms with E-state index in [9.17, 15) is 4.79 Å². The van der Waals surface area contributed by atoms with Crippen LogP contribution >= 0.6 is 0 Å². The van der Waals surface area contributed by atoms with E-state index >= 15 is 0 Å². The van der Waals surface area contributed by atoms with E-state index in [2.05, 4.69) is 34.1 Å². The van der Waals surface area contributed by atoms with E-state index in [-0.39, 0.29) is 5.56 Å². The van der Waals surface area contributed by atoms with Gasteiger partial charge in [0, 0.05) is 31.5 Å². The summed E-state index contributed by atoms with van der Waals surface area (Å²) in [6.07, 6.45) is 1.96. The molecule has 134 valence electrons. The molecule has 25 heavy (non-hydrogen) atoms. The fraction of sp³-hybridized carbons (Fsp3) is 0.474. The molecule has 6 nitrogen and oxygen atoms in total. The van der Waals surface area contributed by atoms with Crippen molar-refractivity contribution in [3.8, 4) is 0 Å². The van der Waals surface area contributed by atoms with Crippen molar-refractivity contribution in [2.24, 2.45) is 0 Å². The molecule has 0 spiro atoms.